The average Bonchev–Trinajstić information content (AvgIpc) is 2.92. The van der Waals surface area contributed by atoms with Gasteiger partial charge in [-0.1, -0.05) is 0 Å². The molecule has 36 heavy (non-hydrogen) atoms. The summed E-state index contributed by atoms with van der Waals surface area (Å²) < 4.78 is 12.9. The van der Waals surface area contributed by atoms with Crippen molar-refractivity contribution in [3.8, 4) is 11.5 Å². The summed E-state index contributed by atoms with van der Waals surface area (Å²) in [5.41, 5.74) is 2.56. The van der Waals surface area contributed by atoms with Gasteiger partial charge in [0.2, 0.25) is 0 Å². The standard InChI is InChI=1S/C28H24N2O4Se2/c1-33-23-17-9-15-21(27(31)29-19-11-5-3-6-12-19)25(23)35-36-26-22(16-10-18-24(26)34-2)28(32)30-20-13-7-4-8-14-20/h3-18H,1-2H3,(H,29,31)(H,30,32). The summed E-state index contributed by atoms with van der Waals surface area (Å²) in [5, 5.41) is 5.92. The molecule has 0 aliphatic carbocycles. The number of hydrogen-bond acceptors (Lipinski definition) is 4. The van der Waals surface area contributed by atoms with Gasteiger partial charge in [0, 0.05) is 0 Å². The van der Waals surface area contributed by atoms with Crippen LogP contribution in [0.25, 0.3) is 0 Å². The Kier molecular flexibility index (Phi) is 8.82. The van der Waals surface area contributed by atoms with E-state index in [-0.39, 0.29) is 38.1 Å². The summed E-state index contributed by atoms with van der Waals surface area (Å²) in [5.74, 6) is 0.912. The first-order valence-corrected chi connectivity index (χ1v) is 17.1. The van der Waals surface area contributed by atoms with Crippen molar-refractivity contribution in [2.45, 2.75) is 0 Å². The van der Waals surface area contributed by atoms with E-state index in [0.717, 1.165) is 20.3 Å². The van der Waals surface area contributed by atoms with Gasteiger partial charge in [-0.05, 0) is 0 Å². The van der Waals surface area contributed by atoms with Crippen LogP contribution in [-0.2, 0) is 0 Å². The van der Waals surface area contributed by atoms with E-state index < -0.39 is 0 Å². The third-order valence-corrected chi connectivity index (χ3v) is 12.3. The fourth-order valence-electron chi connectivity index (χ4n) is 3.41. The zero-order valence-electron chi connectivity index (χ0n) is 19.7. The fourth-order valence-corrected chi connectivity index (χ4v) is 11.4. The number of hydrogen-bond donors (Lipinski definition) is 2. The van der Waals surface area contributed by atoms with E-state index in [0.29, 0.717) is 22.6 Å². The molecule has 8 heteroatoms. The SMILES string of the molecule is COc1cccc(C(=O)Nc2ccccc2)c1[Se][Se]c1c(OC)cccc1C(=O)Nc1ccccc1. The molecule has 4 aromatic carbocycles. The molecule has 0 fully saturated rings. The molecule has 6 nitrogen and oxygen atoms in total. The summed E-state index contributed by atoms with van der Waals surface area (Å²) in [6, 6.07) is 29.6. The molecule has 4 aromatic rings. The zero-order valence-corrected chi connectivity index (χ0v) is 23.1. The molecule has 0 saturated carbocycles. The minimum atomic E-state index is -0.199. The van der Waals surface area contributed by atoms with Gasteiger partial charge in [-0.15, -0.1) is 0 Å². The monoisotopic (exact) mass is 612 g/mol. The number of benzene rings is 4. The third kappa shape index (κ3) is 6.17. The Morgan fingerprint density at radius 1 is 0.556 bits per heavy atom. The Morgan fingerprint density at radius 2 is 0.944 bits per heavy atom. The van der Waals surface area contributed by atoms with Gasteiger partial charge < -0.3 is 0 Å². The van der Waals surface area contributed by atoms with Gasteiger partial charge in [0.1, 0.15) is 0 Å². The summed E-state index contributed by atoms with van der Waals surface area (Å²) in [6.07, 6.45) is 0. The van der Waals surface area contributed by atoms with Gasteiger partial charge in [0.05, 0.1) is 0 Å². The molecule has 0 bridgehead atoms. The molecule has 0 aliphatic rings. The molecule has 0 aromatic heterocycles. The molecular weight excluding hydrogens is 586 g/mol. The van der Waals surface area contributed by atoms with Gasteiger partial charge >= 0.3 is 222 Å². The second kappa shape index (κ2) is 12.4. The van der Waals surface area contributed by atoms with Gasteiger partial charge in [-0.2, -0.15) is 0 Å². The summed E-state index contributed by atoms with van der Waals surface area (Å²) in [6.45, 7) is 0. The zero-order chi connectivity index (χ0) is 25.3. The quantitative estimate of drug-likeness (QED) is 0.285. The van der Waals surface area contributed by atoms with Gasteiger partial charge in [-0.3, -0.25) is 0 Å². The van der Waals surface area contributed by atoms with Crippen molar-refractivity contribution in [1.29, 1.82) is 0 Å². The predicted octanol–water partition coefficient (Wildman–Crippen LogP) is 3.48. The summed E-state index contributed by atoms with van der Waals surface area (Å²) in [7, 11) is 3.20. The van der Waals surface area contributed by atoms with Crippen LogP contribution in [0.4, 0.5) is 11.4 Å². The van der Waals surface area contributed by atoms with Crippen LogP contribution in [0.2, 0.25) is 0 Å². The molecule has 2 N–H and O–H groups in total. The number of carbonyl (C=O) groups excluding carboxylic acids is 2. The summed E-state index contributed by atoms with van der Waals surface area (Å²) in [4.78, 5) is 26.4. The van der Waals surface area contributed by atoms with Crippen molar-refractivity contribution in [1.82, 2.24) is 0 Å². The number of carbonyl (C=O) groups is 2. The average molecular weight is 610 g/mol. The van der Waals surface area contributed by atoms with Crippen molar-refractivity contribution in [2.24, 2.45) is 0 Å². The number of para-hydroxylation sites is 2. The minimum absolute atomic E-state index is 0.181. The summed E-state index contributed by atoms with van der Waals surface area (Å²) >= 11 is -0.362. The molecule has 0 unspecified atom stereocenters. The normalized spacial score (nSPS) is 10.4. The van der Waals surface area contributed by atoms with Crippen molar-refractivity contribution >= 4 is 58.4 Å². The molecule has 0 radical (unpaired) electrons. The second-order valence-electron chi connectivity index (χ2n) is 7.48. The number of nitrogens with one attached hydrogen (secondary N) is 2. The van der Waals surface area contributed by atoms with E-state index in [2.05, 4.69) is 10.6 Å². The third-order valence-electron chi connectivity index (χ3n) is 5.16. The van der Waals surface area contributed by atoms with E-state index in [1.54, 1.807) is 26.4 Å². The number of ether oxygens (including phenoxy) is 2. The molecule has 0 spiro atoms. The van der Waals surface area contributed by atoms with Crippen LogP contribution in [0.15, 0.2) is 97.1 Å². The Labute approximate surface area is 221 Å². The van der Waals surface area contributed by atoms with E-state index in [4.69, 9.17) is 9.47 Å². The van der Waals surface area contributed by atoms with Gasteiger partial charge in [0.15, 0.2) is 0 Å². The second-order valence-corrected chi connectivity index (χ2v) is 13.5. The van der Waals surface area contributed by atoms with Crippen LogP contribution in [0.5, 0.6) is 11.5 Å². The van der Waals surface area contributed by atoms with E-state index in [1.807, 2.05) is 84.9 Å². The Morgan fingerprint density at radius 3 is 1.31 bits per heavy atom. The number of anilines is 2. The first-order chi connectivity index (χ1) is 17.6. The molecule has 4 rings (SSSR count). The van der Waals surface area contributed by atoms with Crippen molar-refractivity contribution in [2.75, 3.05) is 24.9 Å². The molecule has 182 valence electrons. The first-order valence-electron chi connectivity index (χ1n) is 11.0. The number of rotatable bonds is 9. The number of amides is 2. The Bertz CT molecular complexity index is 1240. The van der Waals surface area contributed by atoms with E-state index >= 15 is 0 Å². The Hall–Kier alpha value is -3.54. The van der Waals surface area contributed by atoms with Crippen molar-refractivity contribution in [3.63, 3.8) is 0 Å². The van der Waals surface area contributed by atoms with Crippen molar-refractivity contribution < 1.29 is 19.1 Å². The maximum atomic E-state index is 13.2. The molecule has 0 saturated heterocycles. The topological polar surface area (TPSA) is 76.7 Å². The number of methoxy groups -OCH3 is 2. The molecule has 2 amide bonds. The Balaban J connectivity index is 1.63. The molecule has 0 aliphatic heterocycles. The molecule has 0 atom stereocenters. The fraction of sp³-hybridized carbons (Fsp3) is 0.0714. The molecular formula is C28H24N2O4Se2. The predicted molar refractivity (Wildman–Crippen MR) is 146 cm³/mol. The maximum absolute atomic E-state index is 13.2. The van der Waals surface area contributed by atoms with Gasteiger partial charge in [0.25, 0.3) is 0 Å². The van der Waals surface area contributed by atoms with Crippen LogP contribution in [0, 0.1) is 0 Å². The van der Waals surface area contributed by atoms with Crippen LogP contribution in [0.1, 0.15) is 20.7 Å². The van der Waals surface area contributed by atoms with E-state index in [1.165, 1.54) is 0 Å². The van der Waals surface area contributed by atoms with Crippen LogP contribution in [0.3, 0.4) is 0 Å². The first kappa shape index (κ1) is 25.5. The van der Waals surface area contributed by atoms with Crippen molar-refractivity contribution in [3.05, 3.63) is 108 Å². The van der Waals surface area contributed by atoms with Crippen LogP contribution >= 0.6 is 0 Å². The van der Waals surface area contributed by atoms with Crippen LogP contribution < -0.4 is 29.0 Å². The van der Waals surface area contributed by atoms with Crippen LogP contribution in [-0.4, -0.2) is 52.3 Å². The van der Waals surface area contributed by atoms with E-state index in [9.17, 15) is 9.59 Å². The van der Waals surface area contributed by atoms with Gasteiger partial charge in [-0.25, -0.2) is 0 Å². The molecule has 0 heterocycles.